The summed E-state index contributed by atoms with van der Waals surface area (Å²) in [4.78, 5) is 57.6. The van der Waals surface area contributed by atoms with Gasteiger partial charge in [0.05, 0.1) is 40.5 Å². The van der Waals surface area contributed by atoms with Crippen LogP contribution in [0.4, 0.5) is 8.78 Å². The number of pyridine rings is 3. The fourth-order valence-corrected chi connectivity index (χ4v) is 4.27. The van der Waals surface area contributed by atoms with E-state index in [4.69, 9.17) is 4.74 Å². The zero-order valence-corrected chi connectivity index (χ0v) is 21.2. The summed E-state index contributed by atoms with van der Waals surface area (Å²) in [7, 11) is 3.61. The van der Waals surface area contributed by atoms with E-state index >= 15 is 4.39 Å². The lowest BCUT2D eigenvalue weighted by Gasteiger charge is -2.14. The number of rotatable bonds is 7. The Morgan fingerprint density at radius 3 is 2.67 bits per heavy atom. The van der Waals surface area contributed by atoms with E-state index < -0.39 is 28.9 Å². The number of likely N-dealkylation sites (N-methyl/N-ethyl adjacent to an activating group) is 1. The molecule has 0 saturated heterocycles. The molecule has 0 aliphatic carbocycles. The Balaban J connectivity index is 1.80. The molecule has 200 valence electrons. The standard InChI is InChI=1S/C26H23F2N7O4/c1-13-17(27)10-18-20(32-13)19(15-5-4-6-29-24(15)36)21(26(38)39-8-7-34(2)3)35(18)11-14-9-16-23(33-22(14)28)30-12-31-25(16)37/h4-6,9-10,12H,7-8,11H2,1-3H3,(H,29,36)(H,30,31,33,37). The molecule has 39 heavy (non-hydrogen) atoms. The molecule has 13 heteroatoms. The Bertz CT molecular complexity index is 1860. The van der Waals surface area contributed by atoms with Crippen LogP contribution in [-0.2, 0) is 11.3 Å². The minimum Gasteiger partial charge on any atom is -0.460 e. The van der Waals surface area contributed by atoms with Gasteiger partial charge in [0.2, 0.25) is 5.95 Å². The Morgan fingerprint density at radius 1 is 1.13 bits per heavy atom. The average Bonchev–Trinajstić information content (AvgIpc) is 3.18. The monoisotopic (exact) mass is 535 g/mol. The lowest BCUT2D eigenvalue weighted by molar-refractivity contribution is 0.0471. The van der Waals surface area contributed by atoms with E-state index in [1.807, 2.05) is 4.90 Å². The largest absolute Gasteiger partial charge is 0.460 e. The Morgan fingerprint density at radius 2 is 1.92 bits per heavy atom. The highest BCUT2D eigenvalue weighted by Crippen LogP contribution is 2.34. The van der Waals surface area contributed by atoms with Gasteiger partial charge in [-0.25, -0.2) is 19.2 Å². The van der Waals surface area contributed by atoms with E-state index in [-0.39, 0.29) is 63.3 Å². The van der Waals surface area contributed by atoms with E-state index in [2.05, 4.69) is 24.9 Å². The molecule has 0 aliphatic rings. The first-order valence-corrected chi connectivity index (χ1v) is 11.9. The highest BCUT2D eigenvalue weighted by molar-refractivity contribution is 6.07. The second-order valence-electron chi connectivity index (χ2n) is 9.13. The summed E-state index contributed by atoms with van der Waals surface area (Å²) in [5.41, 5.74) is -0.831. The predicted molar refractivity (Wildman–Crippen MR) is 139 cm³/mol. The zero-order valence-electron chi connectivity index (χ0n) is 21.2. The van der Waals surface area contributed by atoms with Gasteiger partial charge in [0.25, 0.3) is 11.1 Å². The van der Waals surface area contributed by atoms with Crippen molar-refractivity contribution in [3.05, 3.63) is 86.2 Å². The minimum atomic E-state index is -0.936. The van der Waals surface area contributed by atoms with Crippen LogP contribution >= 0.6 is 0 Å². The van der Waals surface area contributed by atoms with Gasteiger partial charge in [0.1, 0.15) is 18.1 Å². The first-order valence-electron chi connectivity index (χ1n) is 11.9. The van der Waals surface area contributed by atoms with Gasteiger partial charge in [0, 0.05) is 29.9 Å². The van der Waals surface area contributed by atoms with Crippen molar-refractivity contribution in [3.8, 4) is 11.1 Å². The number of hydrogen-bond donors (Lipinski definition) is 2. The van der Waals surface area contributed by atoms with Crippen molar-refractivity contribution in [2.75, 3.05) is 27.2 Å². The van der Waals surface area contributed by atoms with Crippen LogP contribution in [0.3, 0.4) is 0 Å². The smallest absolute Gasteiger partial charge is 0.355 e. The number of aromatic nitrogens is 6. The number of ether oxygens (including phenoxy) is 1. The quantitative estimate of drug-likeness (QED) is 0.239. The summed E-state index contributed by atoms with van der Waals surface area (Å²) in [6.07, 6.45) is 2.54. The Hall–Kier alpha value is -4.78. The molecule has 5 heterocycles. The number of hydrogen-bond acceptors (Lipinski definition) is 8. The van der Waals surface area contributed by atoms with Crippen molar-refractivity contribution < 1.29 is 18.3 Å². The highest BCUT2D eigenvalue weighted by atomic mass is 19.1. The maximum atomic E-state index is 15.2. The SMILES string of the molecule is Cc1nc2c(-c3ccc[nH]c3=O)c(C(=O)OCCN(C)C)n(Cc3cc4c(=O)[nH]cnc4nc3F)c2cc1F. The maximum absolute atomic E-state index is 15.2. The number of nitrogens with zero attached hydrogens (tertiary/aromatic N) is 5. The summed E-state index contributed by atoms with van der Waals surface area (Å²) in [5, 5.41) is 0.0281. The van der Waals surface area contributed by atoms with Crippen LogP contribution in [0.15, 0.2) is 46.4 Å². The van der Waals surface area contributed by atoms with E-state index in [1.54, 1.807) is 20.2 Å². The van der Waals surface area contributed by atoms with Crippen LogP contribution in [-0.4, -0.2) is 67.6 Å². The lowest BCUT2D eigenvalue weighted by atomic mass is 10.1. The fraction of sp³-hybridized carbons (Fsp3) is 0.231. The van der Waals surface area contributed by atoms with Crippen LogP contribution in [0.25, 0.3) is 33.2 Å². The second kappa shape index (κ2) is 10.2. The van der Waals surface area contributed by atoms with Crippen molar-refractivity contribution in [3.63, 3.8) is 0 Å². The molecular weight excluding hydrogens is 512 g/mol. The van der Waals surface area contributed by atoms with Crippen molar-refractivity contribution in [2.45, 2.75) is 13.5 Å². The third-order valence-corrected chi connectivity index (χ3v) is 6.20. The fourth-order valence-electron chi connectivity index (χ4n) is 4.27. The third-order valence-electron chi connectivity index (χ3n) is 6.20. The van der Waals surface area contributed by atoms with Gasteiger partial charge < -0.3 is 24.2 Å². The van der Waals surface area contributed by atoms with Crippen LogP contribution < -0.4 is 11.1 Å². The van der Waals surface area contributed by atoms with Crippen molar-refractivity contribution in [1.29, 1.82) is 0 Å². The molecule has 2 N–H and O–H groups in total. The van der Waals surface area contributed by atoms with Gasteiger partial charge in [-0.05, 0) is 39.2 Å². The molecule has 5 aromatic rings. The van der Waals surface area contributed by atoms with E-state index in [0.717, 1.165) is 12.4 Å². The van der Waals surface area contributed by atoms with Crippen LogP contribution in [0.2, 0.25) is 0 Å². The molecule has 0 atom stereocenters. The van der Waals surface area contributed by atoms with Crippen LogP contribution in [0.1, 0.15) is 21.7 Å². The van der Waals surface area contributed by atoms with Gasteiger partial charge in [-0.2, -0.15) is 9.37 Å². The molecule has 0 spiro atoms. The first kappa shape index (κ1) is 25.9. The van der Waals surface area contributed by atoms with Gasteiger partial charge >= 0.3 is 5.97 Å². The maximum Gasteiger partial charge on any atom is 0.355 e. The van der Waals surface area contributed by atoms with Crippen molar-refractivity contribution in [1.82, 2.24) is 34.4 Å². The van der Waals surface area contributed by atoms with Gasteiger partial charge in [0.15, 0.2) is 5.65 Å². The molecule has 5 aromatic heterocycles. The Kier molecular flexibility index (Phi) is 6.74. The normalized spacial score (nSPS) is 11.5. The topological polar surface area (TPSA) is 139 Å². The van der Waals surface area contributed by atoms with E-state index in [1.165, 1.54) is 29.8 Å². The van der Waals surface area contributed by atoms with Gasteiger partial charge in [-0.15, -0.1) is 0 Å². The molecule has 0 saturated carbocycles. The third kappa shape index (κ3) is 4.79. The van der Waals surface area contributed by atoms with Crippen molar-refractivity contribution in [2.24, 2.45) is 0 Å². The number of carbonyl (C=O) groups excluding carboxylic acids is 1. The summed E-state index contributed by atoms with van der Waals surface area (Å²) >= 11 is 0. The van der Waals surface area contributed by atoms with Crippen molar-refractivity contribution >= 4 is 28.0 Å². The summed E-state index contributed by atoms with van der Waals surface area (Å²) in [6, 6.07) is 5.50. The summed E-state index contributed by atoms with van der Waals surface area (Å²) in [5.74, 6) is -2.42. The summed E-state index contributed by atoms with van der Waals surface area (Å²) < 4.78 is 36.8. The molecule has 0 aliphatic heterocycles. The number of fused-ring (bicyclic) bond motifs is 2. The molecule has 0 fully saturated rings. The molecule has 5 rings (SSSR count). The van der Waals surface area contributed by atoms with Crippen LogP contribution in [0.5, 0.6) is 0 Å². The second-order valence-corrected chi connectivity index (χ2v) is 9.13. The average molecular weight is 536 g/mol. The van der Waals surface area contributed by atoms with Gasteiger partial charge in [-0.1, -0.05) is 0 Å². The van der Waals surface area contributed by atoms with Gasteiger partial charge in [-0.3, -0.25) is 9.59 Å². The number of aromatic amines is 2. The molecule has 0 unspecified atom stereocenters. The molecule has 11 nitrogen and oxygen atoms in total. The molecule has 0 radical (unpaired) electrons. The van der Waals surface area contributed by atoms with E-state index in [0.29, 0.717) is 6.54 Å². The Labute approximate surface area is 219 Å². The minimum absolute atomic E-state index is 0.0195. The number of carbonyl (C=O) groups is 1. The summed E-state index contributed by atoms with van der Waals surface area (Å²) in [6.45, 7) is 1.53. The van der Waals surface area contributed by atoms with E-state index in [9.17, 15) is 18.8 Å². The molecule has 0 amide bonds. The predicted octanol–water partition coefficient (Wildman–Crippen LogP) is 2.38. The highest BCUT2D eigenvalue weighted by Gasteiger charge is 2.29. The number of halogens is 2. The lowest BCUT2D eigenvalue weighted by Crippen LogP contribution is -2.22. The molecular formula is C26H23F2N7O4. The number of aryl methyl sites for hydroxylation is 1. The molecule has 0 bridgehead atoms. The number of nitrogens with one attached hydrogen (secondary N) is 2. The zero-order chi connectivity index (χ0) is 27.8. The van der Waals surface area contributed by atoms with Crippen LogP contribution in [0, 0.1) is 18.7 Å². The first-order chi connectivity index (χ1) is 18.7. The number of esters is 1. The molecule has 0 aromatic carbocycles. The number of H-pyrrole nitrogens is 2.